The molecule has 4 rings (SSSR count). The highest BCUT2D eigenvalue weighted by atomic mass is 35.5. The number of amides is 4. The van der Waals surface area contributed by atoms with Crippen molar-refractivity contribution in [1.29, 1.82) is 0 Å². The Morgan fingerprint density at radius 2 is 1.75 bits per heavy atom. The molecule has 6 N–H and O–H groups in total. The van der Waals surface area contributed by atoms with Crippen molar-refractivity contribution in [3.8, 4) is 0 Å². The van der Waals surface area contributed by atoms with E-state index >= 15 is 0 Å². The van der Waals surface area contributed by atoms with Gasteiger partial charge in [0.25, 0.3) is 0 Å². The van der Waals surface area contributed by atoms with Crippen LogP contribution in [0.2, 0.25) is 10.0 Å². The molecule has 13 heteroatoms. The number of hydrogen-bond donors (Lipinski definition) is 5. The predicted octanol–water partition coefficient (Wildman–Crippen LogP) is 5.39. The number of aromatic nitrogens is 1. The molecule has 0 bridgehead atoms. The van der Waals surface area contributed by atoms with Crippen LogP contribution in [0.25, 0.3) is 10.9 Å². The summed E-state index contributed by atoms with van der Waals surface area (Å²) >= 11 is 20.0. The third-order valence-corrected chi connectivity index (χ3v) is 9.20. The quantitative estimate of drug-likeness (QED) is 0.184. The van der Waals surface area contributed by atoms with Crippen molar-refractivity contribution >= 4 is 69.5 Å². The number of primary amides is 1. The van der Waals surface area contributed by atoms with E-state index in [1.165, 1.54) is 0 Å². The molecule has 10 nitrogen and oxygen atoms in total. The minimum Gasteiger partial charge on any atom is -0.465 e. The monoisotopic (exact) mass is 663 g/mol. The highest BCUT2D eigenvalue weighted by Crippen LogP contribution is 2.47. The summed E-state index contributed by atoms with van der Waals surface area (Å²) in [6.07, 6.45) is -0.995. The SMILES string of the molecule is CC(C)C(C(=O)N[C@@]1(C(=O)N[C@H](C(N)=O)C(C)C)CCc2[nH]c3c(Cl)cc(Cl)cc3c2[C@@H]1Cl)N(Cc1ccccc1)C(=O)O. The van der Waals surface area contributed by atoms with Gasteiger partial charge < -0.3 is 26.5 Å². The third kappa shape index (κ3) is 6.48. The molecule has 0 aliphatic heterocycles. The first-order chi connectivity index (χ1) is 20.7. The summed E-state index contributed by atoms with van der Waals surface area (Å²) < 4.78 is 0. The molecule has 2 aromatic carbocycles. The molecule has 236 valence electrons. The highest BCUT2D eigenvalue weighted by molar-refractivity contribution is 6.38. The van der Waals surface area contributed by atoms with Crippen molar-refractivity contribution in [2.45, 2.75) is 70.1 Å². The summed E-state index contributed by atoms with van der Waals surface area (Å²) in [4.78, 5) is 57.6. The number of carbonyl (C=O) groups is 4. The van der Waals surface area contributed by atoms with Crippen LogP contribution in [0.3, 0.4) is 0 Å². The number of aryl methyl sites for hydroxylation is 1. The van der Waals surface area contributed by atoms with Gasteiger partial charge in [-0.1, -0.05) is 81.2 Å². The number of rotatable bonds is 10. The lowest BCUT2D eigenvalue weighted by atomic mass is 9.77. The fraction of sp³-hybridized carbons (Fsp3) is 0.419. The molecule has 1 aliphatic carbocycles. The first-order valence-corrected chi connectivity index (χ1v) is 15.5. The summed E-state index contributed by atoms with van der Waals surface area (Å²) in [6.45, 7) is 6.84. The van der Waals surface area contributed by atoms with Gasteiger partial charge in [0.2, 0.25) is 17.7 Å². The Bertz CT molecular complexity index is 1580. The number of alkyl halides is 1. The van der Waals surface area contributed by atoms with E-state index in [4.69, 9.17) is 40.5 Å². The van der Waals surface area contributed by atoms with Crippen LogP contribution in [-0.4, -0.2) is 56.4 Å². The second-order valence-corrected chi connectivity index (χ2v) is 13.1. The van der Waals surface area contributed by atoms with E-state index in [-0.39, 0.29) is 25.3 Å². The second-order valence-electron chi connectivity index (χ2n) is 11.8. The number of fused-ring (bicyclic) bond motifs is 3. The molecule has 44 heavy (non-hydrogen) atoms. The van der Waals surface area contributed by atoms with Crippen molar-refractivity contribution in [3.05, 3.63) is 69.3 Å². The molecule has 0 radical (unpaired) electrons. The van der Waals surface area contributed by atoms with Crippen molar-refractivity contribution < 1.29 is 24.3 Å². The molecule has 0 spiro atoms. The average Bonchev–Trinajstić information content (AvgIpc) is 3.32. The smallest absolute Gasteiger partial charge is 0.408 e. The lowest BCUT2D eigenvalue weighted by Crippen LogP contribution is -2.67. The first-order valence-electron chi connectivity index (χ1n) is 14.3. The van der Waals surface area contributed by atoms with Gasteiger partial charge in [0.1, 0.15) is 17.6 Å². The number of nitrogens with one attached hydrogen (secondary N) is 3. The summed E-state index contributed by atoms with van der Waals surface area (Å²) in [6, 6.07) is 9.91. The van der Waals surface area contributed by atoms with E-state index in [0.29, 0.717) is 37.8 Å². The zero-order chi connectivity index (χ0) is 32.5. The summed E-state index contributed by atoms with van der Waals surface area (Å²) in [5, 5.41) is 15.9. The number of nitrogens with zero attached hydrogens (tertiary/aromatic N) is 1. The van der Waals surface area contributed by atoms with Crippen LogP contribution in [0.4, 0.5) is 4.79 Å². The summed E-state index contributed by atoms with van der Waals surface area (Å²) in [7, 11) is 0. The normalized spacial score (nSPS) is 19.3. The molecule has 0 saturated heterocycles. The van der Waals surface area contributed by atoms with Crippen molar-refractivity contribution in [3.63, 3.8) is 0 Å². The molecule has 1 heterocycles. The van der Waals surface area contributed by atoms with Gasteiger partial charge in [-0.25, -0.2) is 4.79 Å². The molecule has 0 saturated carbocycles. The Kier molecular flexibility index (Phi) is 10.1. The number of aromatic amines is 1. The lowest BCUT2D eigenvalue weighted by Gasteiger charge is -2.43. The molecule has 1 aromatic heterocycles. The number of carboxylic acid groups (broad SMARTS) is 1. The molecule has 0 fully saturated rings. The maximum Gasteiger partial charge on any atom is 0.408 e. The molecular weight excluding hydrogens is 629 g/mol. The third-order valence-electron chi connectivity index (χ3n) is 8.09. The van der Waals surface area contributed by atoms with Crippen LogP contribution in [-0.2, 0) is 27.3 Å². The van der Waals surface area contributed by atoms with Crippen LogP contribution in [0.1, 0.15) is 56.3 Å². The van der Waals surface area contributed by atoms with Gasteiger partial charge in [0.05, 0.1) is 15.9 Å². The van der Waals surface area contributed by atoms with Crippen molar-refractivity contribution in [2.24, 2.45) is 17.6 Å². The fourth-order valence-corrected chi connectivity index (χ4v) is 6.94. The van der Waals surface area contributed by atoms with Crippen LogP contribution in [0.5, 0.6) is 0 Å². The van der Waals surface area contributed by atoms with E-state index in [1.54, 1.807) is 64.1 Å². The molecule has 1 aliphatic rings. The van der Waals surface area contributed by atoms with Gasteiger partial charge in [0.15, 0.2) is 0 Å². The fourth-order valence-electron chi connectivity index (χ4n) is 5.89. The van der Waals surface area contributed by atoms with Crippen LogP contribution < -0.4 is 16.4 Å². The summed E-state index contributed by atoms with van der Waals surface area (Å²) in [5.74, 6) is -3.02. The minimum atomic E-state index is -1.80. The van der Waals surface area contributed by atoms with Crippen LogP contribution in [0.15, 0.2) is 42.5 Å². The van der Waals surface area contributed by atoms with Gasteiger partial charge in [-0.2, -0.15) is 0 Å². The topological polar surface area (TPSA) is 158 Å². The van der Waals surface area contributed by atoms with Gasteiger partial charge in [-0.3, -0.25) is 19.3 Å². The molecular formula is C31H36Cl3N5O5. The molecule has 3 aromatic rings. The Labute approximate surface area is 270 Å². The Morgan fingerprint density at radius 3 is 2.32 bits per heavy atom. The number of nitrogens with two attached hydrogens (primary N) is 1. The Morgan fingerprint density at radius 1 is 1.09 bits per heavy atom. The number of halogens is 3. The Balaban J connectivity index is 1.81. The van der Waals surface area contributed by atoms with E-state index in [9.17, 15) is 24.3 Å². The van der Waals surface area contributed by atoms with E-state index in [0.717, 1.165) is 4.90 Å². The zero-order valence-electron chi connectivity index (χ0n) is 24.8. The molecule has 4 amide bonds. The Hall–Kier alpha value is -3.47. The second kappa shape index (κ2) is 13.3. The van der Waals surface area contributed by atoms with Gasteiger partial charge >= 0.3 is 6.09 Å². The van der Waals surface area contributed by atoms with E-state index < -0.39 is 52.7 Å². The number of H-pyrrole nitrogens is 1. The van der Waals surface area contributed by atoms with Gasteiger partial charge in [0, 0.05) is 28.2 Å². The predicted molar refractivity (Wildman–Crippen MR) is 171 cm³/mol. The summed E-state index contributed by atoms with van der Waals surface area (Å²) in [5.41, 5.74) is 6.31. The minimum absolute atomic E-state index is 0.0318. The van der Waals surface area contributed by atoms with Crippen LogP contribution in [0, 0.1) is 11.8 Å². The zero-order valence-corrected chi connectivity index (χ0v) is 27.1. The van der Waals surface area contributed by atoms with Crippen molar-refractivity contribution in [1.82, 2.24) is 20.5 Å². The molecule has 4 atom stereocenters. The standard InChI is InChI=1S/C31H36Cl3N5O5/c1-15(2)23(27(35)40)37-29(42)31(11-10-21-22(26(31)34)19-12-18(32)13-20(33)24(19)36-21)38-28(41)25(16(3)4)39(30(43)44)14-17-8-6-5-7-9-17/h5-9,12-13,15-16,23,25-26,36H,10-11,14H2,1-4H3,(H2,35,40)(H,37,42)(H,38,41)(H,43,44)/t23-,25?,26-,31-/m0/s1. The lowest BCUT2D eigenvalue weighted by molar-refractivity contribution is -0.139. The van der Waals surface area contributed by atoms with Crippen LogP contribution >= 0.6 is 34.8 Å². The first kappa shape index (κ1) is 33.4. The maximum atomic E-state index is 14.3. The maximum absolute atomic E-state index is 14.3. The van der Waals surface area contributed by atoms with Gasteiger partial charge in [-0.05, 0) is 42.4 Å². The number of carbonyl (C=O) groups excluding carboxylic acids is 3. The van der Waals surface area contributed by atoms with E-state index in [2.05, 4.69) is 15.6 Å². The van der Waals surface area contributed by atoms with E-state index in [1.807, 2.05) is 6.07 Å². The van der Waals surface area contributed by atoms with Gasteiger partial charge in [-0.15, -0.1) is 11.6 Å². The largest absolute Gasteiger partial charge is 0.465 e. The molecule has 1 unspecified atom stereocenters. The average molecular weight is 665 g/mol. The van der Waals surface area contributed by atoms with Crippen molar-refractivity contribution in [2.75, 3.05) is 0 Å². The number of benzene rings is 2. The highest BCUT2D eigenvalue weighted by Gasteiger charge is 2.53. The number of hydrogen-bond acceptors (Lipinski definition) is 4.